The highest BCUT2D eigenvalue weighted by atomic mass is 35.5. The molecule has 122 valence electrons. The molecule has 6 heteroatoms. The van der Waals surface area contributed by atoms with Crippen LogP contribution in [0.3, 0.4) is 0 Å². The van der Waals surface area contributed by atoms with Crippen LogP contribution in [0.2, 0.25) is 5.02 Å². The quantitative estimate of drug-likeness (QED) is 0.878. The number of halogens is 1. The highest BCUT2D eigenvalue weighted by molar-refractivity contribution is 6.35. The maximum atomic E-state index is 12.5. The second-order valence-electron chi connectivity index (χ2n) is 5.96. The molecule has 0 unspecified atom stereocenters. The number of nitrogens with one attached hydrogen (secondary N) is 2. The molecular formula is C18H15ClN2O3. The molecule has 2 aromatic rings. The van der Waals surface area contributed by atoms with Crippen LogP contribution in [0.1, 0.15) is 27.9 Å². The van der Waals surface area contributed by atoms with Crippen molar-refractivity contribution < 1.29 is 14.3 Å². The van der Waals surface area contributed by atoms with E-state index in [1.54, 1.807) is 6.07 Å². The van der Waals surface area contributed by atoms with E-state index >= 15 is 0 Å². The Hall–Kier alpha value is -2.53. The molecule has 2 amide bonds. The van der Waals surface area contributed by atoms with Crippen LogP contribution < -0.4 is 15.4 Å². The summed E-state index contributed by atoms with van der Waals surface area (Å²) in [4.78, 5) is 23.9. The fraction of sp³-hybridized carbons (Fsp3) is 0.222. The van der Waals surface area contributed by atoms with Gasteiger partial charge < -0.3 is 15.4 Å². The van der Waals surface area contributed by atoms with Crippen molar-refractivity contribution in [1.82, 2.24) is 0 Å². The lowest BCUT2D eigenvalue weighted by Gasteiger charge is -2.19. The van der Waals surface area contributed by atoms with Crippen molar-refractivity contribution in [3.8, 4) is 5.75 Å². The second-order valence-corrected chi connectivity index (χ2v) is 6.36. The van der Waals surface area contributed by atoms with Gasteiger partial charge in [0.2, 0.25) is 0 Å². The summed E-state index contributed by atoms with van der Waals surface area (Å²) in [6, 6.07) is 9.07. The predicted molar refractivity (Wildman–Crippen MR) is 92.0 cm³/mol. The van der Waals surface area contributed by atoms with Gasteiger partial charge in [0.1, 0.15) is 5.75 Å². The molecule has 1 heterocycles. The number of rotatable bonds is 2. The number of fused-ring (bicyclic) bond motifs is 2. The van der Waals surface area contributed by atoms with Crippen LogP contribution in [0.5, 0.6) is 5.75 Å². The first-order valence-electron chi connectivity index (χ1n) is 7.79. The molecule has 1 aliphatic carbocycles. The Bertz CT molecular complexity index is 864. The van der Waals surface area contributed by atoms with Gasteiger partial charge in [-0.05, 0) is 54.7 Å². The van der Waals surface area contributed by atoms with Crippen LogP contribution in [0.4, 0.5) is 11.4 Å². The third-order valence-corrected chi connectivity index (χ3v) is 4.62. The SMILES string of the molecule is O=C1COc2cc(C(=O)Nc3ccc4c(c3)CCC4)c(Cl)cc2N1. The van der Waals surface area contributed by atoms with Gasteiger partial charge in [-0.3, -0.25) is 9.59 Å². The summed E-state index contributed by atoms with van der Waals surface area (Å²) in [6.45, 7) is -0.0689. The number of benzene rings is 2. The minimum absolute atomic E-state index is 0.0689. The van der Waals surface area contributed by atoms with Crippen LogP contribution in [0.25, 0.3) is 0 Å². The van der Waals surface area contributed by atoms with E-state index in [-0.39, 0.29) is 23.4 Å². The molecule has 2 N–H and O–H groups in total. The normalized spacial score (nSPS) is 15.1. The second kappa shape index (κ2) is 5.83. The molecule has 0 spiro atoms. The van der Waals surface area contributed by atoms with Crippen molar-refractivity contribution in [3.63, 3.8) is 0 Å². The van der Waals surface area contributed by atoms with Gasteiger partial charge in [-0.2, -0.15) is 0 Å². The average molecular weight is 343 g/mol. The van der Waals surface area contributed by atoms with Crippen molar-refractivity contribution >= 4 is 34.8 Å². The Morgan fingerprint density at radius 3 is 2.88 bits per heavy atom. The Morgan fingerprint density at radius 1 is 1.17 bits per heavy atom. The van der Waals surface area contributed by atoms with E-state index < -0.39 is 0 Å². The summed E-state index contributed by atoms with van der Waals surface area (Å²) in [5.74, 6) is -0.103. The van der Waals surface area contributed by atoms with E-state index in [0.29, 0.717) is 17.0 Å². The van der Waals surface area contributed by atoms with E-state index in [9.17, 15) is 9.59 Å². The Morgan fingerprint density at radius 2 is 2.00 bits per heavy atom. The molecule has 24 heavy (non-hydrogen) atoms. The number of carbonyl (C=O) groups excluding carboxylic acids is 2. The molecule has 0 atom stereocenters. The first-order valence-corrected chi connectivity index (χ1v) is 8.17. The van der Waals surface area contributed by atoms with E-state index in [1.807, 2.05) is 12.1 Å². The van der Waals surface area contributed by atoms with Crippen LogP contribution in [0.15, 0.2) is 30.3 Å². The molecule has 5 nitrogen and oxygen atoms in total. The zero-order valence-corrected chi connectivity index (χ0v) is 13.6. The molecule has 0 aromatic heterocycles. The van der Waals surface area contributed by atoms with Gasteiger partial charge in [-0.15, -0.1) is 0 Å². The highest BCUT2D eigenvalue weighted by Gasteiger charge is 2.21. The van der Waals surface area contributed by atoms with E-state index in [1.165, 1.54) is 17.2 Å². The van der Waals surface area contributed by atoms with Crippen molar-refractivity contribution in [1.29, 1.82) is 0 Å². The Labute approximate surface area is 144 Å². The number of hydrogen-bond donors (Lipinski definition) is 2. The minimum Gasteiger partial charge on any atom is -0.482 e. The zero-order valence-electron chi connectivity index (χ0n) is 12.8. The van der Waals surface area contributed by atoms with Gasteiger partial charge in [0, 0.05) is 5.69 Å². The van der Waals surface area contributed by atoms with Crippen molar-refractivity contribution in [2.75, 3.05) is 17.2 Å². The van der Waals surface area contributed by atoms with E-state index in [4.69, 9.17) is 16.3 Å². The molecule has 0 fully saturated rings. The molecule has 2 aromatic carbocycles. The topological polar surface area (TPSA) is 67.4 Å². The smallest absolute Gasteiger partial charge is 0.262 e. The molecule has 4 rings (SSSR count). The lowest BCUT2D eigenvalue weighted by molar-refractivity contribution is -0.118. The molecule has 0 radical (unpaired) electrons. The predicted octanol–water partition coefficient (Wildman–Crippen LogP) is 3.41. The number of ether oxygens (including phenoxy) is 1. The van der Waals surface area contributed by atoms with Crippen LogP contribution in [0, 0.1) is 0 Å². The first-order chi connectivity index (χ1) is 11.6. The van der Waals surface area contributed by atoms with E-state index in [2.05, 4.69) is 16.7 Å². The molecule has 0 saturated heterocycles. The Kier molecular flexibility index (Phi) is 3.65. The lowest BCUT2D eigenvalue weighted by atomic mass is 10.1. The third kappa shape index (κ3) is 2.71. The number of aryl methyl sites for hydroxylation is 2. The molecular weight excluding hydrogens is 328 g/mol. The highest BCUT2D eigenvalue weighted by Crippen LogP contribution is 2.34. The third-order valence-electron chi connectivity index (χ3n) is 4.30. The van der Waals surface area contributed by atoms with Gasteiger partial charge in [-0.25, -0.2) is 0 Å². The minimum atomic E-state index is -0.304. The fourth-order valence-electron chi connectivity index (χ4n) is 3.12. The number of anilines is 2. The van der Waals surface area contributed by atoms with Crippen LogP contribution >= 0.6 is 11.6 Å². The van der Waals surface area contributed by atoms with Crippen LogP contribution in [-0.4, -0.2) is 18.4 Å². The van der Waals surface area contributed by atoms with Crippen molar-refractivity contribution in [2.45, 2.75) is 19.3 Å². The molecule has 1 aliphatic heterocycles. The number of amides is 2. The maximum Gasteiger partial charge on any atom is 0.262 e. The van der Waals surface area contributed by atoms with Crippen LogP contribution in [-0.2, 0) is 17.6 Å². The number of hydrogen-bond acceptors (Lipinski definition) is 3. The molecule has 0 saturated carbocycles. The largest absolute Gasteiger partial charge is 0.482 e. The lowest BCUT2D eigenvalue weighted by Crippen LogP contribution is -2.26. The van der Waals surface area contributed by atoms with E-state index in [0.717, 1.165) is 24.9 Å². The van der Waals surface area contributed by atoms with Gasteiger partial charge in [0.05, 0.1) is 16.3 Å². The monoisotopic (exact) mass is 342 g/mol. The van der Waals surface area contributed by atoms with Gasteiger partial charge >= 0.3 is 0 Å². The zero-order chi connectivity index (χ0) is 16.7. The molecule has 0 bridgehead atoms. The van der Waals surface area contributed by atoms with Gasteiger partial charge in [-0.1, -0.05) is 17.7 Å². The fourth-order valence-corrected chi connectivity index (χ4v) is 3.37. The summed E-state index contributed by atoms with van der Waals surface area (Å²) in [5.41, 5.74) is 4.18. The number of carbonyl (C=O) groups is 2. The average Bonchev–Trinajstić information content (AvgIpc) is 3.01. The summed E-state index contributed by atoms with van der Waals surface area (Å²) in [7, 11) is 0. The standard InChI is InChI=1S/C18H15ClN2O3/c19-14-8-15-16(24-9-17(22)21-15)7-13(14)18(23)20-12-5-4-10-2-1-3-11(10)6-12/h4-8H,1-3,9H2,(H,20,23)(H,21,22). The summed E-state index contributed by atoms with van der Waals surface area (Å²) in [6.07, 6.45) is 3.31. The van der Waals surface area contributed by atoms with Gasteiger partial charge in [0.15, 0.2) is 6.61 Å². The van der Waals surface area contributed by atoms with Crippen molar-refractivity contribution in [3.05, 3.63) is 52.0 Å². The maximum absolute atomic E-state index is 12.5. The molecule has 2 aliphatic rings. The summed E-state index contributed by atoms with van der Waals surface area (Å²) < 4.78 is 5.34. The van der Waals surface area contributed by atoms with Crippen molar-refractivity contribution in [2.24, 2.45) is 0 Å². The first kappa shape index (κ1) is 15.0. The Balaban J connectivity index is 1.59. The summed E-state index contributed by atoms with van der Waals surface area (Å²) >= 11 is 6.20. The van der Waals surface area contributed by atoms with Gasteiger partial charge in [0.25, 0.3) is 11.8 Å². The summed E-state index contributed by atoms with van der Waals surface area (Å²) in [5, 5.41) is 5.80.